The van der Waals surface area contributed by atoms with Crippen LogP contribution in [0.1, 0.15) is 5.56 Å². The molecule has 3 aromatic carbocycles. The Morgan fingerprint density at radius 3 is 2.59 bits per heavy atom. The van der Waals surface area contributed by atoms with Crippen molar-refractivity contribution >= 4 is 27.7 Å². The molecule has 1 amide bonds. The molecule has 0 aliphatic heterocycles. The average Bonchev–Trinajstić information content (AvgIpc) is 3.06. The zero-order chi connectivity index (χ0) is 18.6. The number of aromatic amines is 1. The zero-order valence-corrected chi connectivity index (χ0v) is 14.7. The molecule has 4 rings (SSSR count). The van der Waals surface area contributed by atoms with Crippen molar-refractivity contribution in [3.63, 3.8) is 0 Å². The number of benzene rings is 3. The standard InChI is InChI=1S/C22H19FN2O2/c23-16-7-5-15(6-8-16)11-12-24-22(26)14-27-17-9-10-19-18-3-1-2-4-20(18)25-21(19)13-17/h1-10,13,25H,11-12,14H2,(H,24,26). The van der Waals surface area contributed by atoms with Crippen LogP contribution in [0.3, 0.4) is 0 Å². The van der Waals surface area contributed by atoms with Crippen LogP contribution in [0, 0.1) is 5.82 Å². The maximum atomic E-state index is 12.9. The number of fused-ring (bicyclic) bond motifs is 3. The average molecular weight is 362 g/mol. The molecule has 27 heavy (non-hydrogen) atoms. The van der Waals surface area contributed by atoms with Crippen LogP contribution in [0.2, 0.25) is 0 Å². The van der Waals surface area contributed by atoms with E-state index in [1.165, 1.54) is 12.1 Å². The second-order valence-corrected chi connectivity index (χ2v) is 6.39. The first-order valence-corrected chi connectivity index (χ1v) is 8.83. The van der Waals surface area contributed by atoms with Gasteiger partial charge < -0.3 is 15.0 Å². The molecule has 2 N–H and O–H groups in total. The van der Waals surface area contributed by atoms with Gasteiger partial charge in [-0.2, -0.15) is 0 Å². The van der Waals surface area contributed by atoms with Crippen molar-refractivity contribution in [3.8, 4) is 5.75 Å². The van der Waals surface area contributed by atoms with Gasteiger partial charge in [-0.3, -0.25) is 4.79 Å². The molecule has 0 aliphatic carbocycles. The predicted octanol–water partition coefficient (Wildman–Crippen LogP) is 4.20. The van der Waals surface area contributed by atoms with E-state index < -0.39 is 0 Å². The van der Waals surface area contributed by atoms with Crippen LogP contribution in [-0.2, 0) is 11.2 Å². The fraction of sp³-hybridized carbons (Fsp3) is 0.136. The van der Waals surface area contributed by atoms with Gasteiger partial charge in [0.25, 0.3) is 5.91 Å². The van der Waals surface area contributed by atoms with Crippen molar-refractivity contribution in [2.24, 2.45) is 0 Å². The topological polar surface area (TPSA) is 54.1 Å². The summed E-state index contributed by atoms with van der Waals surface area (Å²) in [6.07, 6.45) is 0.646. The summed E-state index contributed by atoms with van der Waals surface area (Å²) in [5.41, 5.74) is 3.02. The smallest absolute Gasteiger partial charge is 0.257 e. The molecule has 0 radical (unpaired) electrons. The molecule has 136 valence electrons. The molecule has 0 aliphatic rings. The van der Waals surface area contributed by atoms with E-state index in [0.717, 1.165) is 27.4 Å². The molecule has 0 unspecified atom stereocenters. The largest absolute Gasteiger partial charge is 0.484 e. The van der Waals surface area contributed by atoms with Crippen LogP contribution in [0.5, 0.6) is 5.75 Å². The Morgan fingerprint density at radius 2 is 1.74 bits per heavy atom. The number of carbonyl (C=O) groups excluding carboxylic acids is 1. The Balaban J connectivity index is 1.32. The van der Waals surface area contributed by atoms with Gasteiger partial charge in [0.15, 0.2) is 6.61 Å². The van der Waals surface area contributed by atoms with Gasteiger partial charge >= 0.3 is 0 Å². The summed E-state index contributed by atoms with van der Waals surface area (Å²) in [5.74, 6) is 0.194. The fourth-order valence-electron chi connectivity index (χ4n) is 3.12. The molecule has 5 heteroatoms. The van der Waals surface area contributed by atoms with Crippen LogP contribution in [0.25, 0.3) is 21.8 Å². The minimum atomic E-state index is -0.261. The van der Waals surface area contributed by atoms with E-state index in [4.69, 9.17) is 4.74 Å². The lowest BCUT2D eigenvalue weighted by molar-refractivity contribution is -0.123. The van der Waals surface area contributed by atoms with Crippen molar-refractivity contribution < 1.29 is 13.9 Å². The number of hydrogen-bond donors (Lipinski definition) is 2. The van der Waals surface area contributed by atoms with Crippen molar-refractivity contribution in [2.75, 3.05) is 13.2 Å². The maximum absolute atomic E-state index is 12.9. The Bertz CT molecular complexity index is 1090. The lowest BCUT2D eigenvalue weighted by Gasteiger charge is -2.08. The molecule has 0 spiro atoms. The summed E-state index contributed by atoms with van der Waals surface area (Å²) in [6, 6.07) is 20.1. The Morgan fingerprint density at radius 1 is 0.963 bits per heavy atom. The van der Waals surface area contributed by atoms with E-state index >= 15 is 0 Å². The molecule has 1 heterocycles. The van der Waals surface area contributed by atoms with Crippen LogP contribution in [0.15, 0.2) is 66.7 Å². The molecule has 0 saturated heterocycles. The summed E-state index contributed by atoms with van der Waals surface area (Å²) in [4.78, 5) is 15.3. The highest BCUT2D eigenvalue weighted by Gasteiger charge is 2.07. The number of halogens is 1. The van der Waals surface area contributed by atoms with E-state index in [-0.39, 0.29) is 18.3 Å². The predicted molar refractivity (Wildman–Crippen MR) is 104 cm³/mol. The number of hydrogen-bond acceptors (Lipinski definition) is 2. The minimum absolute atomic E-state index is 0.0465. The van der Waals surface area contributed by atoms with Gasteiger partial charge in [-0.15, -0.1) is 0 Å². The lowest BCUT2D eigenvalue weighted by atomic mass is 10.1. The first-order chi connectivity index (χ1) is 13.2. The summed E-state index contributed by atoms with van der Waals surface area (Å²) in [6.45, 7) is 0.435. The SMILES string of the molecule is O=C(COc1ccc2c(c1)[nH]c1ccccc12)NCCc1ccc(F)cc1. The molecular formula is C22H19FN2O2. The van der Waals surface area contributed by atoms with Crippen molar-refractivity contribution in [3.05, 3.63) is 78.1 Å². The number of aromatic nitrogens is 1. The Labute approximate surface area is 156 Å². The second kappa shape index (κ2) is 7.50. The van der Waals surface area contributed by atoms with Gasteiger partial charge in [-0.25, -0.2) is 4.39 Å². The molecule has 4 nitrogen and oxygen atoms in total. The highest BCUT2D eigenvalue weighted by atomic mass is 19.1. The molecular weight excluding hydrogens is 343 g/mol. The molecule has 0 fully saturated rings. The Kier molecular flexibility index (Phi) is 4.75. The second-order valence-electron chi connectivity index (χ2n) is 6.39. The summed E-state index contributed by atoms with van der Waals surface area (Å²) in [5, 5.41) is 5.10. The number of rotatable bonds is 6. The summed E-state index contributed by atoms with van der Waals surface area (Å²) < 4.78 is 18.5. The van der Waals surface area contributed by atoms with Crippen LogP contribution in [0.4, 0.5) is 4.39 Å². The highest BCUT2D eigenvalue weighted by Crippen LogP contribution is 2.28. The lowest BCUT2D eigenvalue weighted by Crippen LogP contribution is -2.30. The van der Waals surface area contributed by atoms with Gasteiger partial charge in [0.05, 0.1) is 5.52 Å². The fourth-order valence-corrected chi connectivity index (χ4v) is 3.12. The van der Waals surface area contributed by atoms with Gasteiger partial charge in [-0.1, -0.05) is 30.3 Å². The van der Waals surface area contributed by atoms with Gasteiger partial charge in [0.1, 0.15) is 11.6 Å². The van der Waals surface area contributed by atoms with Gasteiger partial charge in [0, 0.05) is 28.9 Å². The van der Waals surface area contributed by atoms with Crippen molar-refractivity contribution in [2.45, 2.75) is 6.42 Å². The number of carbonyl (C=O) groups is 1. The molecule has 0 saturated carbocycles. The third-order valence-electron chi connectivity index (χ3n) is 4.50. The van der Waals surface area contributed by atoms with E-state index in [1.54, 1.807) is 12.1 Å². The Hall–Kier alpha value is -3.34. The summed E-state index contributed by atoms with van der Waals surface area (Å²) >= 11 is 0. The van der Waals surface area contributed by atoms with Crippen molar-refractivity contribution in [1.29, 1.82) is 0 Å². The van der Waals surface area contributed by atoms with E-state index in [2.05, 4.69) is 16.4 Å². The van der Waals surface area contributed by atoms with Gasteiger partial charge in [0.2, 0.25) is 0 Å². The molecule has 0 atom stereocenters. The molecule has 0 bridgehead atoms. The number of nitrogens with one attached hydrogen (secondary N) is 2. The van der Waals surface area contributed by atoms with E-state index in [1.807, 2.05) is 36.4 Å². The number of para-hydroxylation sites is 1. The zero-order valence-electron chi connectivity index (χ0n) is 14.7. The van der Waals surface area contributed by atoms with Gasteiger partial charge in [-0.05, 0) is 42.3 Å². The van der Waals surface area contributed by atoms with E-state index in [0.29, 0.717) is 18.7 Å². The first-order valence-electron chi connectivity index (χ1n) is 8.83. The number of H-pyrrole nitrogens is 1. The molecule has 1 aromatic heterocycles. The molecule has 4 aromatic rings. The van der Waals surface area contributed by atoms with Crippen LogP contribution < -0.4 is 10.1 Å². The number of ether oxygens (including phenoxy) is 1. The van der Waals surface area contributed by atoms with Crippen LogP contribution >= 0.6 is 0 Å². The van der Waals surface area contributed by atoms with Crippen molar-refractivity contribution in [1.82, 2.24) is 10.3 Å². The van der Waals surface area contributed by atoms with Crippen LogP contribution in [-0.4, -0.2) is 24.0 Å². The minimum Gasteiger partial charge on any atom is -0.484 e. The quantitative estimate of drug-likeness (QED) is 0.540. The normalized spacial score (nSPS) is 11.0. The monoisotopic (exact) mass is 362 g/mol. The highest BCUT2D eigenvalue weighted by molar-refractivity contribution is 6.07. The first kappa shape index (κ1) is 17.1. The third kappa shape index (κ3) is 3.92. The maximum Gasteiger partial charge on any atom is 0.257 e. The van der Waals surface area contributed by atoms with E-state index in [9.17, 15) is 9.18 Å². The summed E-state index contributed by atoms with van der Waals surface area (Å²) in [7, 11) is 0. The third-order valence-corrected chi connectivity index (χ3v) is 4.50. The number of amides is 1.